The maximum Gasteiger partial charge on any atom is 1.00 e. The number of hydrogen-bond acceptors (Lipinski definition) is 4. The van der Waals surface area contributed by atoms with E-state index in [0.717, 1.165) is 6.42 Å². The molecule has 1 fully saturated rings. The van der Waals surface area contributed by atoms with E-state index in [1.165, 1.54) is 24.3 Å². The van der Waals surface area contributed by atoms with Gasteiger partial charge in [-0.2, -0.15) is 0 Å². The maximum absolute atomic E-state index is 11.4. The fraction of sp³-hybridized carbons (Fsp3) is 0.300. The van der Waals surface area contributed by atoms with Crippen LogP contribution in [-0.4, -0.2) is 25.4 Å². The fourth-order valence-corrected chi connectivity index (χ4v) is 2.18. The molecule has 1 aliphatic heterocycles. The second-order valence-electron chi connectivity index (χ2n) is 3.60. The Hall–Kier alpha value is 0.236. The number of nitrogens with zero attached hydrogens (tertiary/aromatic N) is 1. The van der Waals surface area contributed by atoms with Crippen LogP contribution in [0.2, 0.25) is 0 Å². The second kappa shape index (κ2) is 5.92. The monoisotopic (exact) mass is 279 g/mol. The second-order valence-corrected chi connectivity index (χ2v) is 4.98. The van der Waals surface area contributed by atoms with Crippen LogP contribution >= 0.6 is 0 Å². The number of carbonyl (C=O) groups is 1. The van der Waals surface area contributed by atoms with E-state index in [2.05, 4.69) is 0 Å². The van der Waals surface area contributed by atoms with Gasteiger partial charge in [-0.25, -0.2) is 8.42 Å². The van der Waals surface area contributed by atoms with E-state index in [1.54, 1.807) is 4.90 Å². The first-order chi connectivity index (χ1) is 7.48. The van der Waals surface area contributed by atoms with Gasteiger partial charge < -0.3 is 9.45 Å². The third-order valence-corrected chi connectivity index (χ3v) is 3.36. The van der Waals surface area contributed by atoms with E-state index in [1.807, 2.05) is 0 Å². The number of benzene rings is 1. The molecular formula is C10H10KNO4S. The van der Waals surface area contributed by atoms with Crippen LogP contribution in [-0.2, 0) is 14.9 Å². The van der Waals surface area contributed by atoms with E-state index in [4.69, 9.17) is 0 Å². The Bertz CT molecular complexity index is 512. The van der Waals surface area contributed by atoms with Crippen LogP contribution < -0.4 is 56.3 Å². The molecule has 0 unspecified atom stereocenters. The van der Waals surface area contributed by atoms with Gasteiger partial charge in [0.15, 0.2) is 0 Å². The molecule has 0 radical (unpaired) electrons. The molecule has 1 saturated heterocycles. The zero-order valence-corrected chi connectivity index (χ0v) is 13.4. The summed E-state index contributed by atoms with van der Waals surface area (Å²) in [6, 6.07) is 5.41. The Labute approximate surface area is 142 Å². The summed E-state index contributed by atoms with van der Waals surface area (Å²) in [5, 5.41) is 0. The molecule has 17 heavy (non-hydrogen) atoms. The minimum atomic E-state index is -4.41. The van der Waals surface area contributed by atoms with Crippen LogP contribution in [0.1, 0.15) is 12.8 Å². The van der Waals surface area contributed by atoms with Gasteiger partial charge in [-0.15, -0.1) is 0 Å². The SMILES string of the molecule is O=C1CCCN1c1ccc(S(=O)(=O)[O-])cc1.[K+]. The molecule has 2 rings (SSSR count). The zero-order chi connectivity index (χ0) is 11.8. The molecule has 1 aromatic rings. The molecule has 0 bridgehead atoms. The molecule has 0 aromatic heterocycles. The van der Waals surface area contributed by atoms with Crippen LogP contribution in [0.25, 0.3) is 0 Å². The van der Waals surface area contributed by atoms with E-state index in [9.17, 15) is 17.8 Å². The van der Waals surface area contributed by atoms with Crippen molar-refractivity contribution < 1.29 is 69.1 Å². The van der Waals surface area contributed by atoms with Crippen molar-refractivity contribution in [3.8, 4) is 0 Å². The first-order valence-electron chi connectivity index (χ1n) is 4.85. The molecule has 0 atom stereocenters. The van der Waals surface area contributed by atoms with Crippen molar-refractivity contribution in [3.63, 3.8) is 0 Å². The van der Waals surface area contributed by atoms with Gasteiger partial charge in [0, 0.05) is 18.7 Å². The third-order valence-electron chi connectivity index (χ3n) is 2.51. The summed E-state index contributed by atoms with van der Waals surface area (Å²) < 4.78 is 32.1. The summed E-state index contributed by atoms with van der Waals surface area (Å²) in [5.74, 6) is 0.0257. The van der Waals surface area contributed by atoms with Gasteiger partial charge in [-0.1, -0.05) is 0 Å². The Morgan fingerprint density at radius 1 is 1.18 bits per heavy atom. The van der Waals surface area contributed by atoms with Gasteiger partial charge in [0.1, 0.15) is 10.1 Å². The molecule has 86 valence electrons. The largest absolute Gasteiger partial charge is 1.00 e. The summed E-state index contributed by atoms with van der Waals surface area (Å²) in [6.07, 6.45) is 1.32. The Morgan fingerprint density at radius 3 is 2.18 bits per heavy atom. The molecule has 1 aliphatic rings. The van der Waals surface area contributed by atoms with Gasteiger partial charge in [-0.05, 0) is 30.7 Å². The third kappa shape index (κ3) is 3.60. The molecule has 1 amide bonds. The van der Waals surface area contributed by atoms with Crippen molar-refractivity contribution in [1.29, 1.82) is 0 Å². The molecule has 0 saturated carbocycles. The molecule has 0 spiro atoms. The van der Waals surface area contributed by atoms with Crippen molar-refractivity contribution in [3.05, 3.63) is 24.3 Å². The van der Waals surface area contributed by atoms with Crippen LogP contribution in [0, 0.1) is 0 Å². The van der Waals surface area contributed by atoms with Crippen molar-refractivity contribution in [1.82, 2.24) is 0 Å². The minimum Gasteiger partial charge on any atom is -0.744 e. The summed E-state index contributed by atoms with van der Waals surface area (Å²) in [7, 11) is -4.41. The van der Waals surface area contributed by atoms with Gasteiger partial charge >= 0.3 is 51.4 Å². The molecule has 0 N–H and O–H groups in total. The van der Waals surface area contributed by atoms with Crippen molar-refractivity contribution in [2.45, 2.75) is 17.7 Å². The quantitative estimate of drug-likeness (QED) is 0.451. The van der Waals surface area contributed by atoms with Crippen molar-refractivity contribution in [2.75, 3.05) is 11.4 Å². The first-order valence-corrected chi connectivity index (χ1v) is 6.25. The number of anilines is 1. The van der Waals surface area contributed by atoms with Crippen LogP contribution in [0.4, 0.5) is 5.69 Å². The van der Waals surface area contributed by atoms with E-state index in [-0.39, 0.29) is 62.2 Å². The molecule has 7 heteroatoms. The smallest absolute Gasteiger partial charge is 0.744 e. The van der Waals surface area contributed by atoms with Gasteiger partial charge in [-0.3, -0.25) is 4.79 Å². The van der Waals surface area contributed by atoms with Gasteiger partial charge in [0.05, 0.1) is 4.90 Å². The first kappa shape index (κ1) is 15.3. The average molecular weight is 279 g/mol. The predicted octanol–water partition coefficient (Wildman–Crippen LogP) is -2.28. The van der Waals surface area contributed by atoms with Crippen molar-refractivity contribution >= 4 is 21.7 Å². The van der Waals surface area contributed by atoms with E-state index < -0.39 is 10.1 Å². The predicted molar refractivity (Wildman–Crippen MR) is 56.0 cm³/mol. The number of rotatable bonds is 2. The standard InChI is InChI=1S/C10H11NO4S.K/c12-10-2-1-7-11(10)8-3-5-9(6-4-8)16(13,14)15;/h3-6H,1-2,7H2,(H,13,14,15);/q;+1/p-1. The van der Waals surface area contributed by atoms with Gasteiger partial charge in [0.2, 0.25) is 5.91 Å². The summed E-state index contributed by atoms with van der Waals surface area (Å²) >= 11 is 0. The Morgan fingerprint density at radius 2 is 1.76 bits per heavy atom. The number of hydrogen-bond donors (Lipinski definition) is 0. The average Bonchev–Trinajstić information content (AvgIpc) is 2.63. The topological polar surface area (TPSA) is 77.5 Å². The minimum absolute atomic E-state index is 0. The molecule has 1 aromatic carbocycles. The molecule has 0 aliphatic carbocycles. The molecular weight excluding hydrogens is 269 g/mol. The zero-order valence-electron chi connectivity index (χ0n) is 9.42. The van der Waals surface area contributed by atoms with Gasteiger partial charge in [0.25, 0.3) is 0 Å². The normalized spacial score (nSPS) is 15.8. The van der Waals surface area contributed by atoms with E-state index >= 15 is 0 Å². The molecule has 5 nitrogen and oxygen atoms in total. The molecule has 1 heterocycles. The Kier molecular flexibility index (Phi) is 5.32. The van der Waals surface area contributed by atoms with Crippen LogP contribution in [0.3, 0.4) is 0 Å². The Balaban J connectivity index is 0.00000144. The fourth-order valence-electron chi connectivity index (χ4n) is 1.71. The summed E-state index contributed by atoms with van der Waals surface area (Å²) in [5.41, 5.74) is 0.634. The maximum atomic E-state index is 11.4. The van der Waals surface area contributed by atoms with Crippen molar-refractivity contribution in [2.24, 2.45) is 0 Å². The number of amides is 1. The summed E-state index contributed by atoms with van der Waals surface area (Å²) in [6.45, 7) is 0.641. The van der Waals surface area contributed by atoms with Crippen LogP contribution in [0.15, 0.2) is 29.2 Å². The number of carbonyl (C=O) groups excluding carboxylic acids is 1. The van der Waals surface area contributed by atoms with E-state index in [0.29, 0.717) is 18.7 Å². The van der Waals surface area contributed by atoms with Crippen LogP contribution in [0.5, 0.6) is 0 Å². The summed E-state index contributed by atoms with van der Waals surface area (Å²) in [4.78, 5) is 12.7.